The van der Waals surface area contributed by atoms with Gasteiger partial charge in [0.1, 0.15) is 5.54 Å². The molecular formula is C14H23N3O4. The van der Waals surface area contributed by atoms with E-state index < -0.39 is 17.2 Å². The largest absolute Gasteiger partial charge is 0.386 e. The van der Waals surface area contributed by atoms with E-state index >= 15 is 0 Å². The van der Waals surface area contributed by atoms with Crippen LogP contribution in [-0.4, -0.2) is 63.5 Å². The molecule has 2 rings (SSSR count). The minimum atomic E-state index is -0.904. The van der Waals surface area contributed by atoms with Gasteiger partial charge in [0.25, 0.3) is 5.91 Å². The van der Waals surface area contributed by atoms with Gasteiger partial charge in [-0.2, -0.15) is 0 Å². The lowest BCUT2D eigenvalue weighted by molar-refractivity contribution is -0.156. The second-order valence-corrected chi connectivity index (χ2v) is 6.49. The minimum absolute atomic E-state index is 0.0790. The van der Waals surface area contributed by atoms with E-state index in [2.05, 4.69) is 5.32 Å². The second kappa shape index (κ2) is 5.29. The minimum Gasteiger partial charge on any atom is -0.386 e. The summed E-state index contributed by atoms with van der Waals surface area (Å²) in [6, 6.07) is -0.455. The third-order valence-corrected chi connectivity index (χ3v) is 4.03. The van der Waals surface area contributed by atoms with Crippen molar-refractivity contribution in [1.29, 1.82) is 0 Å². The third-order valence-electron chi connectivity index (χ3n) is 4.03. The van der Waals surface area contributed by atoms with E-state index in [1.807, 2.05) is 6.92 Å². The summed E-state index contributed by atoms with van der Waals surface area (Å²) in [5.41, 5.74) is -1.66. The van der Waals surface area contributed by atoms with E-state index in [4.69, 9.17) is 0 Å². The van der Waals surface area contributed by atoms with E-state index in [1.165, 1.54) is 0 Å². The van der Waals surface area contributed by atoms with Crippen LogP contribution in [0.4, 0.5) is 4.79 Å². The van der Waals surface area contributed by atoms with Crippen LogP contribution in [0.25, 0.3) is 0 Å². The van der Waals surface area contributed by atoms with E-state index in [1.54, 1.807) is 18.7 Å². The van der Waals surface area contributed by atoms with Crippen LogP contribution in [0.3, 0.4) is 0 Å². The van der Waals surface area contributed by atoms with Crippen LogP contribution in [-0.2, 0) is 9.59 Å². The Bertz CT molecular complexity index is 469. The van der Waals surface area contributed by atoms with Gasteiger partial charge in [0, 0.05) is 13.0 Å². The monoisotopic (exact) mass is 297 g/mol. The molecule has 2 N–H and O–H groups in total. The number of hydrogen-bond acceptors (Lipinski definition) is 4. The number of carbonyl (C=O) groups is 3. The molecule has 21 heavy (non-hydrogen) atoms. The van der Waals surface area contributed by atoms with Gasteiger partial charge in [-0.25, -0.2) is 4.79 Å². The Hall–Kier alpha value is -1.63. The molecule has 4 amide bonds. The van der Waals surface area contributed by atoms with E-state index in [0.29, 0.717) is 19.5 Å². The van der Waals surface area contributed by atoms with Crippen molar-refractivity contribution in [1.82, 2.24) is 15.1 Å². The fourth-order valence-electron chi connectivity index (χ4n) is 2.85. The van der Waals surface area contributed by atoms with Crippen molar-refractivity contribution < 1.29 is 19.5 Å². The first kappa shape index (κ1) is 15.8. The number of amides is 4. The topological polar surface area (TPSA) is 89.9 Å². The van der Waals surface area contributed by atoms with Crippen molar-refractivity contribution in [3.8, 4) is 0 Å². The highest BCUT2D eigenvalue weighted by atomic mass is 16.3. The molecule has 7 nitrogen and oxygen atoms in total. The molecule has 0 spiro atoms. The predicted octanol–water partition coefficient (Wildman–Crippen LogP) is 0.0803. The Kier molecular flexibility index (Phi) is 3.97. The highest BCUT2D eigenvalue weighted by Crippen LogP contribution is 2.26. The summed E-state index contributed by atoms with van der Waals surface area (Å²) in [4.78, 5) is 38.3. The molecular weight excluding hydrogens is 274 g/mol. The van der Waals surface area contributed by atoms with Gasteiger partial charge in [0.05, 0.1) is 18.7 Å². The van der Waals surface area contributed by atoms with Gasteiger partial charge in [-0.15, -0.1) is 0 Å². The summed E-state index contributed by atoms with van der Waals surface area (Å²) in [6.07, 6.45) is 1.64. The molecule has 0 aromatic heterocycles. The SMILES string of the molecule is CCCC1(O)CN(C(=O)CCN2C(=O)NC(C)(C)C2=O)C1. The molecule has 0 saturated carbocycles. The van der Waals surface area contributed by atoms with E-state index in [9.17, 15) is 19.5 Å². The highest BCUT2D eigenvalue weighted by molar-refractivity contribution is 6.06. The number of hydrogen-bond donors (Lipinski definition) is 2. The Morgan fingerprint density at radius 3 is 2.43 bits per heavy atom. The zero-order chi connectivity index (χ0) is 15.8. The third kappa shape index (κ3) is 3.02. The summed E-state index contributed by atoms with van der Waals surface area (Å²) >= 11 is 0. The lowest BCUT2D eigenvalue weighted by Crippen LogP contribution is -2.63. The molecule has 7 heteroatoms. The van der Waals surface area contributed by atoms with Gasteiger partial charge < -0.3 is 15.3 Å². The lowest BCUT2D eigenvalue weighted by atomic mass is 9.89. The number of rotatable bonds is 5. The van der Waals surface area contributed by atoms with Crippen molar-refractivity contribution in [2.45, 2.75) is 51.2 Å². The molecule has 2 aliphatic heterocycles. The van der Waals surface area contributed by atoms with Crippen molar-refractivity contribution >= 4 is 17.8 Å². The number of aliphatic hydroxyl groups is 1. The van der Waals surface area contributed by atoms with Crippen LogP contribution in [0.5, 0.6) is 0 Å². The Labute approximate surface area is 124 Å². The maximum atomic E-state index is 12.0. The molecule has 0 bridgehead atoms. The molecule has 0 unspecified atom stereocenters. The maximum Gasteiger partial charge on any atom is 0.325 e. The summed E-state index contributed by atoms with van der Waals surface area (Å²) in [6.45, 7) is 6.01. The van der Waals surface area contributed by atoms with Gasteiger partial charge in [-0.1, -0.05) is 13.3 Å². The van der Waals surface area contributed by atoms with E-state index in [0.717, 1.165) is 11.3 Å². The first-order valence-electron chi connectivity index (χ1n) is 7.33. The standard InChI is InChI=1S/C14H23N3O4/c1-4-6-14(21)8-16(9-14)10(18)5-7-17-11(19)13(2,3)15-12(17)20/h21H,4-9H2,1-3H3,(H,15,20). The van der Waals surface area contributed by atoms with E-state index in [-0.39, 0.29) is 24.8 Å². The number of imide groups is 1. The second-order valence-electron chi connectivity index (χ2n) is 6.49. The molecule has 2 heterocycles. The Balaban J connectivity index is 1.81. The average Bonchev–Trinajstić information content (AvgIpc) is 2.53. The molecule has 0 atom stereocenters. The normalized spacial score (nSPS) is 23.0. The van der Waals surface area contributed by atoms with Crippen LogP contribution >= 0.6 is 0 Å². The molecule has 2 saturated heterocycles. The lowest BCUT2D eigenvalue weighted by Gasteiger charge is -2.46. The molecule has 0 aliphatic carbocycles. The van der Waals surface area contributed by atoms with Crippen molar-refractivity contribution in [3.05, 3.63) is 0 Å². The van der Waals surface area contributed by atoms with Gasteiger partial charge in [0.2, 0.25) is 5.91 Å². The molecule has 2 aliphatic rings. The fourth-order valence-corrected chi connectivity index (χ4v) is 2.85. The van der Waals surface area contributed by atoms with Crippen LogP contribution in [0.15, 0.2) is 0 Å². The van der Waals surface area contributed by atoms with Gasteiger partial charge in [0.15, 0.2) is 0 Å². The van der Waals surface area contributed by atoms with Crippen LogP contribution in [0.2, 0.25) is 0 Å². The van der Waals surface area contributed by atoms with Gasteiger partial charge in [-0.05, 0) is 20.3 Å². The first-order valence-corrected chi connectivity index (χ1v) is 7.33. The van der Waals surface area contributed by atoms with Crippen molar-refractivity contribution in [2.75, 3.05) is 19.6 Å². The summed E-state index contributed by atoms with van der Waals surface area (Å²) < 4.78 is 0. The zero-order valence-electron chi connectivity index (χ0n) is 12.8. The molecule has 0 aromatic carbocycles. The predicted molar refractivity (Wildman–Crippen MR) is 75.4 cm³/mol. The first-order chi connectivity index (χ1) is 9.68. The fraction of sp³-hybridized carbons (Fsp3) is 0.786. The number of β-amino-alcohol motifs (C(OH)–C–C–N with tert-alkyl or cyclic N) is 1. The molecule has 118 valence electrons. The van der Waals surface area contributed by atoms with Gasteiger partial charge in [-0.3, -0.25) is 14.5 Å². The summed E-state index contributed by atoms with van der Waals surface area (Å²) in [5, 5.41) is 12.6. The Morgan fingerprint density at radius 2 is 1.95 bits per heavy atom. The maximum absolute atomic E-state index is 12.0. The van der Waals surface area contributed by atoms with Crippen LogP contribution < -0.4 is 5.32 Å². The van der Waals surface area contributed by atoms with Crippen molar-refractivity contribution in [3.63, 3.8) is 0 Å². The van der Waals surface area contributed by atoms with Crippen LogP contribution in [0, 0.1) is 0 Å². The molecule has 2 fully saturated rings. The quantitative estimate of drug-likeness (QED) is 0.703. The number of carbonyl (C=O) groups excluding carboxylic acids is 3. The molecule has 0 radical (unpaired) electrons. The average molecular weight is 297 g/mol. The smallest absolute Gasteiger partial charge is 0.325 e. The number of nitrogens with zero attached hydrogens (tertiary/aromatic N) is 2. The molecule has 0 aromatic rings. The summed E-state index contributed by atoms with van der Waals surface area (Å²) in [5.74, 6) is -0.451. The summed E-state index contributed by atoms with van der Waals surface area (Å²) in [7, 11) is 0. The zero-order valence-corrected chi connectivity index (χ0v) is 12.8. The number of nitrogens with one attached hydrogen (secondary N) is 1. The van der Waals surface area contributed by atoms with Crippen molar-refractivity contribution in [2.24, 2.45) is 0 Å². The van der Waals surface area contributed by atoms with Crippen LogP contribution in [0.1, 0.15) is 40.0 Å². The number of likely N-dealkylation sites (tertiary alicyclic amines) is 1. The number of urea groups is 1. The van der Waals surface area contributed by atoms with Gasteiger partial charge >= 0.3 is 6.03 Å². The highest BCUT2D eigenvalue weighted by Gasteiger charge is 2.45. The Morgan fingerprint density at radius 1 is 1.33 bits per heavy atom.